The number of hydrogen-bond acceptors (Lipinski definition) is 7. The predicted octanol–water partition coefficient (Wildman–Crippen LogP) is 1.31. The number of halogens is 3. The summed E-state index contributed by atoms with van der Waals surface area (Å²) in [7, 11) is 1.38. The third-order valence-corrected chi connectivity index (χ3v) is 2.10. The van der Waals surface area contributed by atoms with Crippen LogP contribution in [0, 0.1) is 0 Å². The normalized spacial score (nSPS) is 11.2. The Morgan fingerprint density at radius 3 is 2.42 bits per heavy atom. The highest BCUT2D eigenvalue weighted by Crippen LogP contribution is 2.22. The molecule has 7 nitrogen and oxygen atoms in total. The van der Waals surface area contributed by atoms with Gasteiger partial charge in [0.25, 0.3) is 0 Å². The maximum atomic E-state index is 11.9. The molecule has 1 aromatic heterocycles. The maximum absolute atomic E-state index is 11.9. The number of nitrogens with two attached hydrogens (primary N) is 1. The molecule has 0 saturated heterocycles. The summed E-state index contributed by atoms with van der Waals surface area (Å²) in [6.45, 7) is 0.313. The van der Waals surface area contributed by atoms with Gasteiger partial charge in [0.05, 0.1) is 7.11 Å². The minimum absolute atomic E-state index is 0.0424. The summed E-state index contributed by atoms with van der Waals surface area (Å²) in [4.78, 5) is 11.5. The van der Waals surface area contributed by atoms with Gasteiger partial charge in [0, 0.05) is 13.0 Å². The van der Waals surface area contributed by atoms with E-state index in [9.17, 15) is 13.2 Å². The molecule has 0 saturated carbocycles. The number of hydrazine groups is 1. The van der Waals surface area contributed by atoms with Crippen LogP contribution in [-0.4, -0.2) is 34.8 Å². The smallest absolute Gasteiger partial charge is 0.389 e. The van der Waals surface area contributed by atoms with Crippen molar-refractivity contribution < 1.29 is 17.9 Å². The van der Waals surface area contributed by atoms with Gasteiger partial charge in [-0.3, -0.25) is 5.43 Å². The Bertz CT molecular complexity index is 378. The van der Waals surface area contributed by atoms with Crippen LogP contribution in [0.4, 0.5) is 25.1 Å². The van der Waals surface area contributed by atoms with Crippen LogP contribution >= 0.6 is 0 Å². The number of nitrogens with one attached hydrogen (secondary N) is 2. The highest BCUT2D eigenvalue weighted by Gasteiger charge is 2.25. The number of nitrogen functional groups attached to an aromatic ring is 1. The van der Waals surface area contributed by atoms with Crippen molar-refractivity contribution in [1.29, 1.82) is 0 Å². The first-order valence-corrected chi connectivity index (χ1v) is 5.52. The van der Waals surface area contributed by atoms with Crippen LogP contribution in [0.15, 0.2) is 0 Å². The van der Waals surface area contributed by atoms with E-state index in [1.807, 2.05) is 0 Å². The van der Waals surface area contributed by atoms with Gasteiger partial charge in [0.2, 0.25) is 11.9 Å². The third kappa shape index (κ3) is 6.04. The molecule has 108 valence electrons. The Balaban J connectivity index is 2.40. The number of anilines is 2. The first kappa shape index (κ1) is 15.2. The van der Waals surface area contributed by atoms with Crippen molar-refractivity contribution >= 4 is 11.9 Å². The van der Waals surface area contributed by atoms with Crippen molar-refractivity contribution in [2.24, 2.45) is 5.84 Å². The Kier molecular flexibility index (Phi) is 5.55. The fraction of sp³-hybridized carbons (Fsp3) is 0.667. The number of methoxy groups -OCH3 is 1. The first-order valence-electron chi connectivity index (χ1n) is 5.52. The molecule has 1 rings (SSSR count). The molecule has 1 aromatic rings. The van der Waals surface area contributed by atoms with Crippen molar-refractivity contribution in [3.8, 4) is 6.01 Å². The molecule has 0 aliphatic heterocycles. The number of ether oxygens (including phenoxy) is 1. The molecule has 0 amide bonds. The van der Waals surface area contributed by atoms with Crippen molar-refractivity contribution in [2.75, 3.05) is 24.4 Å². The summed E-state index contributed by atoms with van der Waals surface area (Å²) in [6, 6.07) is 0.0562. The van der Waals surface area contributed by atoms with E-state index in [0.717, 1.165) is 0 Å². The number of rotatable bonds is 7. The van der Waals surface area contributed by atoms with Crippen molar-refractivity contribution in [3.05, 3.63) is 0 Å². The van der Waals surface area contributed by atoms with Crippen LogP contribution in [0.25, 0.3) is 0 Å². The number of hydrogen-bond donors (Lipinski definition) is 3. The topological polar surface area (TPSA) is 98.0 Å². The van der Waals surface area contributed by atoms with Gasteiger partial charge >= 0.3 is 12.2 Å². The summed E-state index contributed by atoms with van der Waals surface area (Å²) >= 11 is 0. The first-order chi connectivity index (χ1) is 8.94. The molecule has 19 heavy (non-hydrogen) atoms. The van der Waals surface area contributed by atoms with E-state index in [1.54, 1.807) is 0 Å². The van der Waals surface area contributed by atoms with E-state index in [2.05, 4.69) is 25.7 Å². The van der Waals surface area contributed by atoms with Gasteiger partial charge in [-0.15, -0.1) is 0 Å². The molecule has 0 fully saturated rings. The van der Waals surface area contributed by atoms with Gasteiger partial charge in [0.15, 0.2) is 0 Å². The second-order valence-corrected chi connectivity index (χ2v) is 3.61. The summed E-state index contributed by atoms with van der Waals surface area (Å²) in [6.07, 6.45) is -4.53. The molecule has 0 spiro atoms. The summed E-state index contributed by atoms with van der Waals surface area (Å²) in [5.74, 6) is 5.44. The minimum atomic E-state index is -4.12. The zero-order valence-electron chi connectivity index (χ0n) is 10.3. The van der Waals surface area contributed by atoms with Gasteiger partial charge in [0.1, 0.15) is 0 Å². The zero-order chi connectivity index (χ0) is 14.3. The second-order valence-electron chi connectivity index (χ2n) is 3.61. The molecule has 0 aromatic carbocycles. The van der Waals surface area contributed by atoms with Gasteiger partial charge < -0.3 is 10.1 Å². The molecule has 0 aliphatic rings. The quantitative estimate of drug-likeness (QED) is 0.393. The van der Waals surface area contributed by atoms with E-state index in [1.165, 1.54) is 7.11 Å². The standard InChI is InChI=1S/C9H15F3N6O/c1-19-8-16-6(15-7(17-8)18-13)14-5-3-2-4-9(10,11)12/h2-5,13H2,1H3,(H2,14,15,16,17,18). The highest BCUT2D eigenvalue weighted by atomic mass is 19.4. The molecule has 0 unspecified atom stereocenters. The molecular weight excluding hydrogens is 265 g/mol. The Morgan fingerprint density at radius 1 is 1.16 bits per heavy atom. The summed E-state index contributed by atoms with van der Waals surface area (Å²) in [5, 5.41) is 2.78. The van der Waals surface area contributed by atoms with Gasteiger partial charge in [-0.05, 0) is 12.8 Å². The van der Waals surface area contributed by atoms with Crippen LogP contribution in [0.5, 0.6) is 6.01 Å². The average molecular weight is 280 g/mol. The third-order valence-electron chi connectivity index (χ3n) is 2.10. The van der Waals surface area contributed by atoms with Crippen LogP contribution in [0.1, 0.15) is 19.3 Å². The lowest BCUT2D eigenvalue weighted by atomic mass is 10.2. The van der Waals surface area contributed by atoms with Crippen molar-refractivity contribution in [1.82, 2.24) is 15.0 Å². The van der Waals surface area contributed by atoms with Crippen molar-refractivity contribution in [2.45, 2.75) is 25.4 Å². The van der Waals surface area contributed by atoms with E-state index in [4.69, 9.17) is 10.6 Å². The number of alkyl halides is 3. The Hall–Kier alpha value is -1.84. The second kappa shape index (κ2) is 6.92. The minimum Gasteiger partial charge on any atom is -0.467 e. The fourth-order valence-electron chi connectivity index (χ4n) is 1.24. The van der Waals surface area contributed by atoms with Crippen LogP contribution < -0.4 is 21.3 Å². The molecule has 0 atom stereocenters. The highest BCUT2D eigenvalue weighted by molar-refractivity contribution is 5.34. The zero-order valence-corrected chi connectivity index (χ0v) is 10.3. The fourth-order valence-corrected chi connectivity index (χ4v) is 1.24. The van der Waals surface area contributed by atoms with Crippen LogP contribution in [0.3, 0.4) is 0 Å². The van der Waals surface area contributed by atoms with E-state index in [-0.39, 0.29) is 24.3 Å². The van der Waals surface area contributed by atoms with E-state index < -0.39 is 12.6 Å². The predicted molar refractivity (Wildman–Crippen MR) is 62.6 cm³/mol. The van der Waals surface area contributed by atoms with Crippen molar-refractivity contribution in [3.63, 3.8) is 0 Å². The maximum Gasteiger partial charge on any atom is 0.389 e. The molecule has 0 radical (unpaired) electrons. The lowest BCUT2D eigenvalue weighted by molar-refractivity contribution is -0.135. The van der Waals surface area contributed by atoms with Gasteiger partial charge in [-0.2, -0.15) is 28.1 Å². The summed E-state index contributed by atoms with van der Waals surface area (Å²) in [5.41, 5.74) is 2.23. The monoisotopic (exact) mass is 280 g/mol. The number of aromatic nitrogens is 3. The molecule has 0 aliphatic carbocycles. The molecule has 10 heteroatoms. The average Bonchev–Trinajstić information content (AvgIpc) is 2.36. The number of unbranched alkanes of at least 4 members (excludes halogenated alkanes) is 1. The van der Waals surface area contributed by atoms with Crippen LogP contribution in [0.2, 0.25) is 0 Å². The van der Waals surface area contributed by atoms with E-state index >= 15 is 0 Å². The molecule has 0 bridgehead atoms. The van der Waals surface area contributed by atoms with Crippen LogP contribution in [-0.2, 0) is 0 Å². The lowest BCUT2D eigenvalue weighted by Gasteiger charge is -2.08. The molecule has 1 heterocycles. The Morgan fingerprint density at radius 2 is 1.84 bits per heavy atom. The SMILES string of the molecule is COc1nc(NN)nc(NCCCCC(F)(F)F)n1. The van der Waals surface area contributed by atoms with E-state index in [0.29, 0.717) is 13.0 Å². The Labute approximate surface area is 107 Å². The molecule has 4 N–H and O–H groups in total. The largest absolute Gasteiger partial charge is 0.467 e. The lowest BCUT2D eigenvalue weighted by Crippen LogP contribution is -2.14. The van der Waals surface area contributed by atoms with Gasteiger partial charge in [-0.1, -0.05) is 0 Å². The molecular formula is C9H15F3N6O. The summed E-state index contributed by atoms with van der Waals surface area (Å²) < 4.78 is 40.6. The number of nitrogens with zero attached hydrogens (tertiary/aromatic N) is 3. The van der Waals surface area contributed by atoms with Gasteiger partial charge in [-0.25, -0.2) is 5.84 Å².